The number of hydrogen-bond acceptors (Lipinski definition) is 3. The number of urea groups is 1. The van der Waals surface area contributed by atoms with Gasteiger partial charge in [0.05, 0.1) is 5.92 Å². The second-order valence-corrected chi connectivity index (χ2v) is 4.50. The molecule has 1 unspecified atom stereocenters. The first kappa shape index (κ1) is 17.2. The molecule has 7 nitrogen and oxygen atoms in total. The van der Waals surface area contributed by atoms with E-state index in [1.54, 1.807) is 14.1 Å². The summed E-state index contributed by atoms with van der Waals surface area (Å²) in [5, 5.41) is 13.9. The lowest BCUT2D eigenvalue weighted by molar-refractivity contribution is -0.141. The van der Waals surface area contributed by atoms with Gasteiger partial charge in [-0.3, -0.25) is 9.59 Å². The van der Waals surface area contributed by atoms with E-state index in [1.807, 2.05) is 6.92 Å². The van der Waals surface area contributed by atoms with Crippen LogP contribution < -0.4 is 10.6 Å². The molecule has 0 radical (unpaired) electrons. The lowest BCUT2D eigenvalue weighted by Gasteiger charge is -2.13. The molecule has 1 atom stereocenters. The minimum Gasteiger partial charge on any atom is -0.481 e. The van der Waals surface area contributed by atoms with Crippen molar-refractivity contribution < 1.29 is 19.5 Å². The predicted octanol–water partition coefficient (Wildman–Crippen LogP) is 0.265. The van der Waals surface area contributed by atoms with Crippen LogP contribution in [0.4, 0.5) is 4.79 Å². The Labute approximate surface area is 113 Å². The molecule has 19 heavy (non-hydrogen) atoms. The fraction of sp³-hybridized carbons (Fsp3) is 0.750. The standard InChI is InChI=1S/C12H23N3O4/c1-4-5-9(11(17)18)8-14-12(19)13-7-6-10(16)15(2)3/h9H,4-8H2,1-3H3,(H,17,18)(H2,13,14,19). The number of nitrogens with one attached hydrogen (secondary N) is 2. The van der Waals surface area contributed by atoms with E-state index in [2.05, 4.69) is 10.6 Å². The predicted molar refractivity (Wildman–Crippen MR) is 70.7 cm³/mol. The van der Waals surface area contributed by atoms with E-state index in [4.69, 9.17) is 5.11 Å². The Hall–Kier alpha value is -1.79. The van der Waals surface area contributed by atoms with Crippen LogP contribution in [0.1, 0.15) is 26.2 Å². The molecule has 0 rings (SSSR count). The highest BCUT2D eigenvalue weighted by Gasteiger charge is 2.17. The van der Waals surface area contributed by atoms with Crippen LogP contribution >= 0.6 is 0 Å². The van der Waals surface area contributed by atoms with Gasteiger partial charge in [-0.2, -0.15) is 0 Å². The van der Waals surface area contributed by atoms with Crippen LogP contribution in [0.15, 0.2) is 0 Å². The van der Waals surface area contributed by atoms with Gasteiger partial charge in [-0.05, 0) is 6.42 Å². The quantitative estimate of drug-likeness (QED) is 0.591. The minimum absolute atomic E-state index is 0.0744. The third-order valence-corrected chi connectivity index (χ3v) is 2.62. The van der Waals surface area contributed by atoms with Gasteiger partial charge < -0.3 is 20.6 Å². The van der Waals surface area contributed by atoms with Crippen molar-refractivity contribution in [1.82, 2.24) is 15.5 Å². The topological polar surface area (TPSA) is 98.7 Å². The van der Waals surface area contributed by atoms with Crippen LogP contribution in [-0.4, -0.2) is 55.1 Å². The highest BCUT2D eigenvalue weighted by Crippen LogP contribution is 2.04. The van der Waals surface area contributed by atoms with Gasteiger partial charge in [0.1, 0.15) is 0 Å². The van der Waals surface area contributed by atoms with Crippen LogP contribution in [0.5, 0.6) is 0 Å². The van der Waals surface area contributed by atoms with Crippen LogP contribution in [0.2, 0.25) is 0 Å². The Balaban J connectivity index is 3.86. The second kappa shape index (κ2) is 9.18. The van der Waals surface area contributed by atoms with Crippen molar-refractivity contribution in [3.63, 3.8) is 0 Å². The molecule has 0 saturated carbocycles. The zero-order chi connectivity index (χ0) is 14.8. The summed E-state index contributed by atoms with van der Waals surface area (Å²) in [6.45, 7) is 2.22. The number of hydrogen-bond donors (Lipinski definition) is 3. The summed E-state index contributed by atoms with van der Waals surface area (Å²) < 4.78 is 0. The molecule has 3 N–H and O–H groups in total. The van der Waals surface area contributed by atoms with Crippen molar-refractivity contribution in [3.05, 3.63) is 0 Å². The first-order valence-corrected chi connectivity index (χ1v) is 6.33. The molecule has 0 heterocycles. The number of aliphatic carboxylic acids is 1. The molecule has 0 aromatic carbocycles. The maximum absolute atomic E-state index is 11.4. The second-order valence-electron chi connectivity index (χ2n) is 4.50. The van der Waals surface area contributed by atoms with Gasteiger partial charge in [-0.1, -0.05) is 13.3 Å². The fourth-order valence-corrected chi connectivity index (χ4v) is 1.45. The summed E-state index contributed by atoms with van der Waals surface area (Å²) in [5.41, 5.74) is 0. The van der Waals surface area contributed by atoms with E-state index in [0.717, 1.165) is 6.42 Å². The molecule has 110 valence electrons. The number of carbonyl (C=O) groups excluding carboxylic acids is 2. The minimum atomic E-state index is -0.912. The summed E-state index contributed by atoms with van der Waals surface area (Å²) in [6.07, 6.45) is 1.49. The molecule has 7 heteroatoms. The number of carboxylic acids is 1. The number of carboxylic acid groups (broad SMARTS) is 1. The SMILES string of the molecule is CCCC(CNC(=O)NCCC(=O)N(C)C)C(=O)O. The van der Waals surface area contributed by atoms with Gasteiger partial charge in [0.25, 0.3) is 0 Å². The number of rotatable bonds is 8. The summed E-state index contributed by atoms with van der Waals surface area (Å²) in [5.74, 6) is -1.56. The number of nitrogens with zero attached hydrogens (tertiary/aromatic N) is 1. The number of amides is 3. The van der Waals surface area contributed by atoms with Gasteiger partial charge in [-0.25, -0.2) is 4.79 Å². The van der Waals surface area contributed by atoms with E-state index < -0.39 is 17.9 Å². The molecule has 0 bridgehead atoms. The van der Waals surface area contributed by atoms with Crippen molar-refractivity contribution in [2.45, 2.75) is 26.2 Å². The average Bonchev–Trinajstić information content (AvgIpc) is 2.33. The molecule has 0 aliphatic carbocycles. The molecule has 0 fully saturated rings. The Kier molecular flexibility index (Phi) is 8.32. The average molecular weight is 273 g/mol. The summed E-state index contributed by atoms with van der Waals surface area (Å²) in [7, 11) is 3.29. The van der Waals surface area contributed by atoms with Crippen LogP contribution in [-0.2, 0) is 9.59 Å². The van der Waals surface area contributed by atoms with E-state index in [1.165, 1.54) is 4.90 Å². The third-order valence-electron chi connectivity index (χ3n) is 2.62. The highest BCUT2D eigenvalue weighted by molar-refractivity contribution is 5.78. The molecular weight excluding hydrogens is 250 g/mol. The third kappa shape index (κ3) is 8.01. The van der Waals surface area contributed by atoms with Gasteiger partial charge in [0.2, 0.25) is 5.91 Å². The van der Waals surface area contributed by atoms with Gasteiger partial charge in [0.15, 0.2) is 0 Å². The van der Waals surface area contributed by atoms with Crippen molar-refractivity contribution in [2.24, 2.45) is 5.92 Å². The molecular formula is C12H23N3O4. The van der Waals surface area contributed by atoms with E-state index in [-0.39, 0.29) is 25.4 Å². The maximum Gasteiger partial charge on any atom is 0.314 e. The molecule has 0 aliphatic rings. The van der Waals surface area contributed by atoms with Gasteiger partial charge >= 0.3 is 12.0 Å². The van der Waals surface area contributed by atoms with Crippen LogP contribution in [0.25, 0.3) is 0 Å². The molecule has 0 saturated heterocycles. The zero-order valence-corrected chi connectivity index (χ0v) is 11.7. The summed E-state index contributed by atoms with van der Waals surface area (Å²) >= 11 is 0. The maximum atomic E-state index is 11.4. The Morgan fingerprint density at radius 3 is 2.32 bits per heavy atom. The monoisotopic (exact) mass is 273 g/mol. The van der Waals surface area contributed by atoms with Crippen molar-refractivity contribution in [3.8, 4) is 0 Å². The smallest absolute Gasteiger partial charge is 0.314 e. The van der Waals surface area contributed by atoms with Crippen molar-refractivity contribution >= 4 is 17.9 Å². The van der Waals surface area contributed by atoms with E-state index >= 15 is 0 Å². The largest absolute Gasteiger partial charge is 0.481 e. The summed E-state index contributed by atoms with van der Waals surface area (Å²) in [4.78, 5) is 34.9. The zero-order valence-electron chi connectivity index (χ0n) is 11.7. The normalized spacial score (nSPS) is 11.5. The van der Waals surface area contributed by atoms with Crippen molar-refractivity contribution in [1.29, 1.82) is 0 Å². The summed E-state index contributed by atoms with van der Waals surface area (Å²) in [6, 6.07) is -0.450. The van der Waals surface area contributed by atoms with Crippen LogP contribution in [0, 0.1) is 5.92 Å². The van der Waals surface area contributed by atoms with Gasteiger partial charge in [-0.15, -0.1) is 0 Å². The molecule has 0 spiro atoms. The molecule has 0 aromatic heterocycles. The van der Waals surface area contributed by atoms with Gasteiger partial charge in [0, 0.05) is 33.6 Å². The first-order chi connectivity index (χ1) is 8.88. The highest BCUT2D eigenvalue weighted by atomic mass is 16.4. The number of carbonyl (C=O) groups is 3. The Bertz CT molecular complexity index is 318. The molecule has 0 aromatic rings. The Morgan fingerprint density at radius 2 is 1.84 bits per heavy atom. The Morgan fingerprint density at radius 1 is 1.21 bits per heavy atom. The van der Waals surface area contributed by atoms with E-state index in [9.17, 15) is 14.4 Å². The van der Waals surface area contributed by atoms with E-state index in [0.29, 0.717) is 6.42 Å². The molecule has 0 aliphatic heterocycles. The fourth-order valence-electron chi connectivity index (χ4n) is 1.45. The van der Waals surface area contributed by atoms with Crippen molar-refractivity contribution in [2.75, 3.05) is 27.2 Å². The first-order valence-electron chi connectivity index (χ1n) is 6.33. The molecule has 3 amide bonds. The lowest BCUT2D eigenvalue weighted by atomic mass is 10.0. The lowest BCUT2D eigenvalue weighted by Crippen LogP contribution is -2.41. The van der Waals surface area contributed by atoms with Crippen LogP contribution in [0.3, 0.4) is 0 Å².